The summed E-state index contributed by atoms with van der Waals surface area (Å²) >= 11 is 0. The summed E-state index contributed by atoms with van der Waals surface area (Å²) < 4.78 is 68.7. The number of carbonyl (C=O) groups is 4. The Morgan fingerprint density at radius 2 is 0.400 bits per heavy atom. The summed E-state index contributed by atoms with van der Waals surface area (Å²) in [5.74, 6) is -2.11. The van der Waals surface area contributed by atoms with Crippen LogP contribution in [-0.2, 0) is 65.4 Å². The van der Waals surface area contributed by atoms with Crippen molar-refractivity contribution in [2.45, 2.75) is 457 Å². The van der Waals surface area contributed by atoms with E-state index in [1.54, 1.807) is 0 Å². The first-order chi connectivity index (χ1) is 48.7. The van der Waals surface area contributed by atoms with Gasteiger partial charge in [-0.1, -0.05) is 387 Å². The maximum Gasteiger partial charge on any atom is 0.472 e. The second-order valence-electron chi connectivity index (χ2n) is 29.2. The van der Waals surface area contributed by atoms with Crippen molar-refractivity contribution in [2.24, 2.45) is 0 Å². The molecule has 3 N–H and O–H groups in total. The van der Waals surface area contributed by atoms with E-state index >= 15 is 0 Å². The molecule has 0 aliphatic carbocycles. The Kier molecular flexibility index (Phi) is 73.8. The minimum atomic E-state index is -4.96. The van der Waals surface area contributed by atoms with Crippen LogP contribution in [0.2, 0.25) is 0 Å². The van der Waals surface area contributed by atoms with Crippen molar-refractivity contribution >= 4 is 39.5 Å². The molecule has 0 rings (SSSR count). The lowest BCUT2D eigenvalue weighted by atomic mass is 10.0. The predicted molar refractivity (Wildman–Crippen MR) is 409 cm³/mol. The van der Waals surface area contributed by atoms with Crippen molar-refractivity contribution in [1.82, 2.24) is 0 Å². The van der Waals surface area contributed by atoms with E-state index in [0.717, 1.165) is 89.9 Å². The Hall–Kier alpha value is -1.94. The van der Waals surface area contributed by atoms with Crippen molar-refractivity contribution in [3.05, 3.63) is 0 Å². The van der Waals surface area contributed by atoms with E-state index in [9.17, 15) is 43.2 Å². The molecule has 0 spiro atoms. The molecule has 0 aliphatic rings. The summed E-state index contributed by atoms with van der Waals surface area (Å²) in [6.45, 7) is 5.01. The zero-order valence-electron chi connectivity index (χ0n) is 65.2. The van der Waals surface area contributed by atoms with Gasteiger partial charge < -0.3 is 33.8 Å². The molecule has 0 fully saturated rings. The molecule has 0 saturated carbocycles. The molecule has 19 heteroatoms. The van der Waals surface area contributed by atoms with Gasteiger partial charge >= 0.3 is 39.5 Å². The number of hydrogen-bond donors (Lipinski definition) is 3. The summed E-state index contributed by atoms with van der Waals surface area (Å²) in [5.41, 5.74) is 0. The normalized spacial score (nSPS) is 13.8. The van der Waals surface area contributed by atoms with Gasteiger partial charge in [0.05, 0.1) is 26.4 Å². The monoisotopic (exact) mass is 1470 g/mol. The quantitative estimate of drug-likeness (QED) is 0.0222. The van der Waals surface area contributed by atoms with Gasteiger partial charge in [0.25, 0.3) is 0 Å². The summed E-state index contributed by atoms with van der Waals surface area (Å²) in [5, 5.41) is 10.6. The summed E-state index contributed by atoms with van der Waals surface area (Å²) in [4.78, 5) is 72.9. The Bertz CT molecular complexity index is 1890. The van der Waals surface area contributed by atoms with Crippen molar-refractivity contribution in [3.63, 3.8) is 0 Å². The number of phosphoric ester groups is 2. The van der Waals surface area contributed by atoms with Gasteiger partial charge in [-0.3, -0.25) is 37.3 Å². The number of rotatable bonds is 82. The van der Waals surface area contributed by atoms with Crippen LogP contribution >= 0.6 is 15.6 Å². The molecule has 2 unspecified atom stereocenters. The lowest BCUT2D eigenvalue weighted by Gasteiger charge is -2.21. The summed E-state index contributed by atoms with van der Waals surface area (Å²) in [7, 11) is -9.91. The van der Waals surface area contributed by atoms with Gasteiger partial charge in [0.15, 0.2) is 12.2 Å². The van der Waals surface area contributed by atoms with Gasteiger partial charge in [-0.05, 0) is 25.7 Å². The van der Waals surface area contributed by atoms with Gasteiger partial charge in [0.1, 0.15) is 19.3 Å². The van der Waals surface area contributed by atoms with Gasteiger partial charge in [-0.25, -0.2) is 9.13 Å². The number of hydrogen-bond acceptors (Lipinski definition) is 15. The molecule has 594 valence electrons. The molecule has 0 aliphatic heterocycles. The van der Waals surface area contributed by atoms with E-state index < -0.39 is 97.5 Å². The van der Waals surface area contributed by atoms with E-state index in [4.69, 9.17) is 37.0 Å². The lowest BCUT2D eigenvalue weighted by Crippen LogP contribution is -2.30. The number of unbranched alkanes of at least 4 members (excludes halogenated alkanes) is 56. The summed E-state index contributed by atoms with van der Waals surface area (Å²) in [6, 6.07) is 0. The molecule has 5 atom stereocenters. The molecular formula is C81H158O17P2. The first-order valence-electron chi connectivity index (χ1n) is 42.3. The van der Waals surface area contributed by atoms with Crippen molar-refractivity contribution in [1.29, 1.82) is 0 Å². The highest BCUT2D eigenvalue weighted by molar-refractivity contribution is 7.47. The first kappa shape index (κ1) is 98.1. The molecule has 100 heavy (non-hydrogen) atoms. The average molecular weight is 1470 g/mol. The number of carbonyl (C=O) groups excluding carboxylic acids is 4. The number of aliphatic hydroxyl groups is 1. The second kappa shape index (κ2) is 75.3. The maximum absolute atomic E-state index is 13.1. The highest BCUT2D eigenvalue weighted by atomic mass is 31.2. The fourth-order valence-electron chi connectivity index (χ4n) is 12.6. The minimum Gasteiger partial charge on any atom is -0.462 e. The summed E-state index contributed by atoms with van der Waals surface area (Å²) in [6.07, 6.45) is 68.0. The van der Waals surface area contributed by atoms with E-state index in [0.29, 0.717) is 25.7 Å². The zero-order chi connectivity index (χ0) is 73.2. The van der Waals surface area contributed by atoms with Crippen LogP contribution in [0.1, 0.15) is 439 Å². The van der Waals surface area contributed by atoms with Gasteiger partial charge in [-0.2, -0.15) is 0 Å². The molecule has 0 aromatic rings. The van der Waals surface area contributed by atoms with Crippen LogP contribution < -0.4 is 0 Å². The van der Waals surface area contributed by atoms with Crippen LogP contribution in [0.3, 0.4) is 0 Å². The van der Waals surface area contributed by atoms with E-state index in [2.05, 4.69) is 27.7 Å². The van der Waals surface area contributed by atoms with Crippen molar-refractivity contribution < 1.29 is 80.2 Å². The maximum atomic E-state index is 13.1. The minimum absolute atomic E-state index is 0.108. The van der Waals surface area contributed by atoms with E-state index in [1.807, 2.05) is 0 Å². The molecule has 0 bridgehead atoms. The zero-order valence-corrected chi connectivity index (χ0v) is 67.0. The van der Waals surface area contributed by atoms with Crippen LogP contribution in [0.5, 0.6) is 0 Å². The van der Waals surface area contributed by atoms with E-state index in [-0.39, 0.29) is 25.7 Å². The van der Waals surface area contributed by atoms with Gasteiger partial charge in [0, 0.05) is 25.7 Å². The van der Waals surface area contributed by atoms with Crippen LogP contribution in [0.15, 0.2) is 0 Å². The Labute approximate surface area is 613 Å². The molecule has 0 aromatic heterocycles. The second-order valence-corrected chi connectivity index (χ2v) is 32.1. The fraction of sp³-hybridized carbons (Fsp3) is 0.951. The number of phosphoric acid groups is 2. The molecule has 0 amide bonds. The predicted octanol–water partition coefficient (Wildman–Crippen LogP) is 24.6. The van der Waals surface area contributed by atoms with Crippen LogP contribution in [0.25, 0.3) is 0 Å². The third kappa shape index (κ3) is 74.3. The lowest BCUT2D eigenvalue weighted by molar-refractivity contribution is -0.161. The van der Waals surface area contributed by atoms with Gasteiger partial charge in [-0.15, -0.1) is 0 Å². The Morgan fingerprint density at radius 3 is 0.590 bits per heavy atom. The third-order valence-corrected chi connectivity index (χ3v) is 21.0. The number of ether oxygens (including phenoxy) is 4. The van der Waals surface area contributed by atoms with Crippen LogP contribution in [0.4, 0.5) is 0 Å². The first-order valence-corrected chi connectivity index (χ1v) is 45.3. The smallest absolute Gasteiger partial charge is 0.462 e. The standard InChI is InChI=1S/C81H158O17P2/c1-5-9-13-17-21-25-28-31-33-35-36-37-38-40-42-45-48-52-56-60-64-68-81(86)98-77(72-92-79(84)66-62-58-54-50-46-44-41-39-34-32-29-26-22-18-14-10-6-2)74-96-100(89,90)94-70-75(82)69-93-99(87,88)95-73-76(71-91-78(83)65-61-57-53-49-24-20-16-12-8-4)97-80(85)67-63-59-55-51-47-43-30-27-23-19-15-11-7-3/h75-77,82H,5-74H2,1-4H3,(H,87,88)(H,89,90)/t75-,76+,77+/m0/s1. The molecular weight excluding hydrogens is 1310 g/mol. The molecule has 17 nitrogen and oxygen atoms in total. The van der Waals surface area contributed by atoms with Crippen LogP contribution in [-0.4, -0.2) is 96.7 Å². The fourth-order valence-corrected chi connectivity index (χ4v) is 14.2. The van der Waals surface area contributed by atoms with Crippen molar-refractivity contribution in [2.75, 3.05) is 39.6 Å². The largest absolute Gasteiger partial charge is 0.472 e. The third-order valence-electron chi connectivity index (χ3n) is 19.1. The molecule has 0 aromatic carbocycles. The Balaban J connectivity index is 5.20. The molecule has 0 saturated heterocycles. The Morgan fingerprint density at radius 1 is 0.240 bits per heavy atom. The topological polar surface area (TPSA) is 237 Å². The number of aliphatic hydroxyl groups excluding tert-OH is 1. The number of esters is 4. The van der Waals surface area contributed by atoms with Crippen molar-refractivity contribution in [3.8, 4) is 0 Å². The highest BCUT2D eigenvalue weighted by Gasteiger charge is 2.30. The van der Waals surface area contributed by atoms with Gasteiger partial charge in [0.2, 0.25) is 0 Å². The highest BCUT2D eigenvalue weighted by Crippen LogP contribution is 2.45. The van der Waals surface area contributed by atoms with Crippen LogP contribution in [0, 0.1) is 0 Å². The molecule has 0 heterocycles. The SMILES string of the molecule is CCCCCCCCCCCCCCCCCCCCCCCC(=O)O[C@H](COC(=O)CCCCCCCCCCCCCCCCCCC)COP(=O)(O)OC[C@@H](O)COP(=O)(O)OC[C@@H](COC(=O)CCCCCCCCCCC)OC(=O)CCCCCCCCCCCCCCC. The average Bonchev–Trinajstić information content (AvgIpc) is 0.936. The van der Waals surface area contributed by atoms with E-state index in [1.165, 1.54) is 270 Å². The molecule has 0 radical (unpaired) electrons.